The van der Waals surface area contributed by atoms with Gasteiger partial charge in [0, 0.05) is 47.0 Å². The molecule has 2 nitrogen and oxygen atoms in total. The normalized spacial score (nSPS) is 16.9. The molecule has 0 N–H and O–H groups in total. The van der Waals surface area contributed by atoms with Crippen LogP contribution in [0.5, 0.6) is 11.5 Å². The Balaban J connectivity index is 1.48. The van der Waals surface area contributed by atoms with Crippen molar-refractivity contribution in [3.63, 3.8) is 0 Å². The lowest BCUT2D eigenvalue weighted by Gasteiger charge is -2.26. The number of halogens is 6. The maximum absolute atomic E-state index is 15.9. The van der Waals surface area contributed by atoms with Crippen molar-refractivity contribution in [2.75, 3.05) is 14.2 Å². The van der Waals surface area contributed by atoms with Gasteiger partial charge in [0.15, 0.2) is 0 Å². The molecule has 0 saturated carbocycles. The van der Waals surface area contributed by atoms with Crippen LogP contribution >= 0.6 is 22.7 Å². The van der Waals surface area contributed by atoms with Crippen LogP contribution in [0, 0.1) is 20.8 Å². The first-order chi connectivity index (χ1) is 22.7. The molecule has 48 heavy (non-hydrogen) atoms. The Labute approximate surface area is 282 Å². The molecule has 0 fully saturated rings. The summed E-state index contributed by atoms with van der Waals surface area (Å²) in [5.41, 5.74) is -0.564. The second kappa shape index (κ2) is 12.3. The number of hydrogen-bond donors (Lipinski definition) is 0. The predicted molar refractivity (Wildman–Crippen MR) is 186 cm³/mol. The van der Waals surface area contributed by atoms with E-state index in [4.69, 9.17) is 9.47 Å². The maximum Gasteiger partial charge on any atom is 0.380 e. The summed E-state index contributed by atoms with van der Waals surface area (Å²) in [5, 5.41) is 0.213. The molecule has 0 unspecified atom stereocenters. The monoisotopic (exact) mass is 696 g/mol. The van der Waals surface area contributed by atoms with E-state index in [-0.39, 0.29) is 31.8 Å². The van der Waals surface area contributed by atoms with Crippen LogP contribution in [-0.2, 0) is 0 Å². The van der Waals surface area contributed by atoms with E-state index in [1.165, 1.54) is 26.8 Å². The Morgan fingerprint density at radius 3 is 1.56 bits per heavy atom. The molecule has 0 radical (unpaired) electrons. The zero-order valence-corrected chi connectivity index (χ0v) is 28.2. The van der Waals surface area contributed by atoms with Gasteiger partial charge in [-0.2, -0.15) is 26.3 Å². The minimum Gasteiger partial charge on any atom is -0.497 e. The molecular weight excluding hydrogens is 667 g/mol. The zero-order valence-electron chi connectivity index (χ0n) is 26.6. The van der Waals surface area contributed by atoms with E-state index in [0.717, 1.165) is 39.4 Å². The van der Waals surface area contributed by atoms with E-state index in [1.54, 1.807) is 62.8 Å². The van der Waals surface area contributed by atoms with E-state index in [1.807, 2.05) is 36.4 Å². The van der Waals surface area contributed by atoms with Crippen LogP contribution in [0.1, 0.15) is 48.0 Å². The third kappa shape index (κ3) is 5.44. The van der Waals surface area contributed by atoms with Crippen molar-refractivity contribution in [1.82, 2.24) is 0 Å². The van der Waals surface area contributed by atoms with Crippen molar-refractivity contribution in [2.45, 2.75) is 38.5 Å². The molecule has 1 aliphatic rings. The van der Waals surface area contributed by atoms with Crippen molar-refractivity contribution >= 4 is 68.2 Å². The lowest BCUT2D eigenvalue weighted by molar-refractivity contribution is -0.254. The highest BCUT2D eigenvalue weighted by Gasteiger charge is 2.80. The minimum atomic E-state index is -5.65. The summed E-state index contributed by atoms with van der Waals surface area (Å²) in [5.74, 6) is -14.6. The average Bonchev–Trinajstić information content (AvgIpc) is 3.57. The number of ether oxygens (including phenoxy) is 2. The molecule has 2 aromatic heterocycles. The van der Waals surface area contributed by atoms with Gasteiger partial charge in [0.2, 0.25) is 0 Å². The number of aryl methyl sites for hydroxylation is 2. The van der Waals surface area contributed by atoms with Gasteiger partial charge in [-0.1, -0.05) is 54.6 Å². The van der Waals surface area contributed by atoms with Crippen molar-refractivity contribution in [1.29, 1.82) is 0 Å². The fourth-order valence-corrected chi connectivity index (χ4v) is 8.23. The molecule has 0 amide bonds. The number of alkyl halides is 6. The first-order valence-electron chi connectivity index (χ1n) is 14.9. The van der Waals surface area contributed by atoms with Gasteiger partial charge in [0.05, 0.1) is 14.2 Å². The van der Waals surface area contributed by atoms with Crippen LogP contribution in [0.2, 0.25) is 0 Å². The summed E-state index contributed by atoms with van der Waals surface area (Å²) in [6, 6.07) is 19.4. The molecule has 0 saturated heterocycles. The van der Waals surface area contributed by atoms with Gasteiger partial charge in [0.1, 0.15) is 11.5 Å². The number of hydrogen-bond acceptors (Lipinski definition) is 4. The number of fused-ring (bicyclic) bond motifs is 1. The Morgan fingerprint density at radius 2 is 1.02 bits per heavy atom. The summed E-state index contributed by atoms with van der Waals surface area (Å²) in [6.07, 6.45) is 7.10. The number of thiophene rings is 2. The zero-order chi connectivity index (χ0) is 34.6. The van der Waals surface area contributed by atoms with Crippen LogP contribution < -0.4 is 9.47 Å². The number of methoxy groups -OCH3 is 2. The molecule has 1 aliphatic carbocycles. The lowest BCUT2D eigenvalue weighted by Crippen LogP contribution is -2.49. The third-order valence-electron chi connectivity index (χ3n) is 8.54. The number of rotatable bonds is 8. The van der Waals surface area contributed by atoms with Crippen LogP contribution in [0.25, 0.3) is 45.5 Å². The highest BCUT2D eigenvalue weighted by Crippen LogP contribution is 2.66. The summed E-state index contributed by atoms with van der Waals surface area (Å²) < 4.78 is 105. The van der Waals surface area contributed by atoms with Gasteiger partial charge >= 0.3 is 17.8 Å². The van der Waals surface area contributed by atoms with E-state index in [9.17, 15) is 0 Å². The van der Waals surface area contributed by atoms with Crippen molar-refractivity contribution in [3.8, 4) is 11.5 Å². The SMILES string of the molecule is COc1ccc(C=Cc2ccc3c(C4=C(c5c(C)sc(C=Cc6ccc(OC)cc6)c5C)C(F)(F)C(F)(F)C4(F)F)c(C)sc3c2)cc1. The van der Waals surface area contributed by atoms with Crippen molar-refractivity contribution in [2.24, 2.45) is 0 Å². The smallest absolute Gasteiger partial charge is 0.380 e. The molecule has 0 atom stereocenters. The Morgan fingerprint density at radius 1 is 0.562 bits per heavy atom. The van der Waals surface area contributed by atoms with Crippen LogP contribution in [0.15, 0.2) is 66.7 Å². The Hall–Kier alpha value is -4.28. The molecule has 6 rings (SSSR count). The van der Waals surface area contributed by atoms with Crippen LogP contribution in [0.4, 0.5) is 26.3 Å². The second-order valence-corrected chi connectivity index (χ2v) is 14.0. The van der Waals surface area contributed by atoms with Gasteiger partial charge < -0.3 is 9.47 Å². The third-order valence-corrected chi connectivity index (χ3v) is 10.8. The van der Waals surface area contributed by atoms with E-state index in [2.05, 4.69) is 0 Å². The maximum atomic E-state index is 15.9. The van der Waals surface area contributed by atoms with Gasteiger partial charge in [0.25, 0.3) is 0 Å². The first-order valence-corrected chi connectivity index (χ1v) is 16.5. The summed E-state index contributed by atoms with van der Waals surface area (Å²) in [4.78, 5) is 0.984. The summed E-state index contributed by atoms with van der Waals surface area (Å²) in [6.45, 7) is 4.49. The van der Waals surface area contributed by atoms with Gasteiger partial charge in [-0.3, -0.25) is 0 Å². The Bertz CT molecular complexity index is 2100. The number of benzene rings is 3. The highest BCUT2D eigenvalue weighted by molar-refractivity contribution is 7.19. The number of allylic oxidation sites excluding steroid dienone is 2. The van der Waals surface area contributed by atoms with Crippen LogP contribution in [0.3, 0.4) is 0 Å². The molecule has 5 aromatic rings. The molecule has 248 valence electrons. The first kappa shape index (κ1) is 33.6. The molecule has 3 aromatic carbocycles. The molecule has 0 bridgehead atoms. The quantitative estimate of drug-likeness (QED) is 0.119. The van der Waals surface area contributed by atoms with Gasteiger partial charge in [-0.05, 0) is 79.4 Å². The molecular formula is C38H30F6O2S2. The minimum absolute atomic E-state index is 0.213. The summed E-state index contributed by atoms with van der Waals surface area (Å²) >= 11 is 2.19. The molecule has 0 aliphatic heterocycles. The van der Waals surface area contributed by atoms with Crippen LogP contribution in [-0.4, -0.2) is 32.0 Å². The van der Waals surface area contributed by atoms with Gasteiger partial charge in [-0.15, -0.1) is 22.7 Å². The van der Waals surface area contributed by atoms with Crippen molar-refractivity contribution in [3.05, 3.63) is 115 Å². The largest absolute Gasteiger partial charge is 0.497 e. The van der Waals surface area contributed by atoms with E-state index in [0.29, 0.717) is 21.1 Å². The fourth-order valence-electron chi connectivity index (χ4n) is 6.04. The lowest BCUT2D eigenvalue weighted by atomic mass is 9.91. The standard InChI is InChI=1S/C38H30F6O2S2/c1-21-30(19-13-25-10-16-28(46-5)17-11-25)47-22(2)32(21)34-35(37(41,42)38(43,44)36(34,39)40)33-23(3)48-31-20-26(12-18-29(31)33)7-6-24-8-14-27(45-4)15-9-24/h6-20H,1-5H3. The average molecular weight is 697 g/mol. The predicted octanol–water partition coefficient (Wildman–Crippen LogP) is 12.1. The topological polar surface area (TPSA) is 18.5 Å². The second-order valence-electron chi connectivity index (χ2n) is 11.5. The van der Waals surface area contributed by atoms with E-state index < -0.39 is 28.9 Å². The van der Waals surface area contributed by atoms with Crippen molar-refractivity contribution < 1.29 is 35.8 Å². The molecule has 2 heterocycles. The van der Waals surface area contributed by atoms with E-state index >= 15 is 26.3 Å². The van der Waals surface area contributed by atoms with Gasteiger partial charge in [-0.25, -0.2) is 0 Å². The molecule has 10 heteroatoms. The Kier molecular flexibility index (Phi) is 8.62. The highest BCUT2D eigenvalue weighted by atomic mass is 32.1. The molecule has 0 spiro atoms. The summed E-state index contributed by atoms with van der Waals surface area (Å²) in [7, 11) is 3.11. The fraction of sp³-hybridized carbons (Fsp3) is 0.211.